The first-order valence-corrected chi connectivity index (χ1v) is 11.7. The average Bonchev–Trinajstić information content (AvgIpc) is 3.42. The number of rotatable bonds is 4. The molecule has 1 amide bonds. The van der Waals surface area contributed by atoms with E-state index in [1.807, 2.05) is 0 Å². The highest BCUT2D eigenvalue weighted by Crippen LogP contribution is 2.27. The fourth-order valence-corrected chi connectivity index (χ4v) is 4.87. The maximum atomic E-state index is 14.3. The van der Waals surface area contributed by atoms with Crippen molar-refractivity contribution in [1.82, 2.24) is 29.5 Å². The number of imidazole rings is 1. The number of hydrogen-bond acceptors (Lipinski definition) is 6. The number of fused-ring (bicyclic) bond motifs is 1. The van der Waals surface area contributed by atoms with E-state index in [9.17, 15) is 31.5 Å². The van der Waals surface area contributed by atoms with Crippen molar-refractivity contribution in [1.29, 1.82) is 0 Å². The Kier molecular flexibility index (Phi) is 6.29. The summed E-state index contributed by atoms with van der Waals surface area (Å²) in [6.07, 6.45) is -1.42. The molecule has 1 aliphatic carbocycles. The van der Waals surface area contributed by atoms with Crippen LogP contribution in [0.4, 0.5) is 22.0 Å². The third kappa shape index (κ3) is 4.34. The van der Waals surface area contributed by atoms with E-state index in [1.54, 1.807) is 4.90 Å². The largest absolute Gasteiger partial charge is 0.449 e. The molecule has 1 unspecified atom stereocenters. The minimum Gasteiger partial charge on any atom is -0.370 e. The van der Waals surface area contributed by atoms with Crippen molar-refractivity contribution in [3.05, 3.63) is 74.5 Å². The Morgan fingerprint density at radius 1 is 1.18 bits per heavy atom. The lowest BCUT2D eigenvalue weighted by Gasteiger charge is -2.30. The molecule has 1 saturated heterocycles. The molecule has 5 rings (SSSR count). The Labute approximate surface area is 211 Å². The predicted octanol–water partition coefficient (Wildman–Crippen LogP) is 0.387. The Bertz CT molecular complexity index is 1590. The average molecular weight is 535 g/mol. The van der Waals surface area contributed by atoms with E-state index in [4.69, 9.17) is 5.73 Å². The molecule has 14 heteroatoms. The topological polar surface area (TPSA) is 111 Å². The van der Waals surface area contributed by atoms with E-state index in [0.29, 0.717) is 29.9 Å². The molecule has 9 nitrogen and oxygen atoms in total. The van der Waals surface area contributed by atoms with Gasteiger partial charge in [0.1, 0.15) is 16.6 Å². The van der Waals surface area contributed by atoms with Gasteiger partial charge in [0.25, 0.3) is 11.5 Å². The third-order valence-electron chi connectivity index (χ3n) is 6.62. The van der Waals surface area contributed by atoms with Crippen LogP contribution in [0.15, 0.2) is 35.3 Å². The highest BCUT2D eigenvalue weighted by Gasteiger charge is 2.38. The van der Waals surface area contributed by atoms with Crippen LogP contribution < -0.4 is 27.3 Å². The number of nitrogens with two attached hydrogens (primary N) is 1. The first-order chi connectivity index (χ1) is 18.0. The Morgan fingerprint density at radius 2 is 1.89 bits per heavy atom. The van der Waals surface area contributed by atoms with Crippen LogP contribution in [0.1, 0.15) is 29.0 Å². The number of nitrogens with zero attached hydrogens (tertiary/aromatic N) is 5. The van der Waals surface area contributed by atoms with Gasteiger partial charge in [0, 0.05) is 32.4 Å². The number of aromatic nitrogens is 4. The molecule has 200 valence electrons. The van der Waals surface area contributed by atoms with E-state index in [-0.39, 0.29) is 23.2 Å². The number of carbonyl (C=O) groups excluding carboxylic acids is 1. The van der Waals surface area contributed by atoms with E-state index in [1.165, 1.54) is 13.1 Å². The summed E-state index contributed by atoms with van der Waals surface area (Å²) in [7, 11) is 1.26. The van der Waals surface area contributed by atoms with Gasteiger partial charge < -0.3 is 20.5 Å². The van der Waals surface area contributed by atoms with Crippen LogP contribution in [0.5, 0.6) is 0 Å². The summed E-state index contributed by atoms with van der Waals surface area (Å²) in [6, 6.07) is 3.04. The van der Waals surface area contributed by atoms with Crippen LogP contribution >= 0.6 is 0 Å². The normalized spacial score (nSPS) is 19.3. The summed E-state index contributed by atoms with van der Waals surface area (Å²) in [5.41, 5.74) is 4.12. The first kappa shape index (κ1) is 25.6. The molecule has 1 fully saturated rings. The molecule has 1 aromatic carbocycles. The summed E-state index contributed by atoms with van der Waals surface area (Å²) in [5.74, 6) is -4.08. The van der Waals surface area contributed by atoms with Gasteiger partial charge in [-0.15, -0.1) is 0 Å². The molecular weight excluding hydrogens is 513 g/mol. The van der Waals surface area contributed by atoms with Crippen molar-refractivity contribution in [3.8, 4) is 5.69 Å². The molecule has 0 saturated carbocycles. The molecule has 3 aromatic rings. The van der Waals surface area contributed by atoms with E-state index >= 15 is 0 Å². The monoisotopic (exact) mass is 535 g/mol. The second-order valence-corrected chi connectivity index (χ2v) is 9.10. The highest BCUT2D eigenvalue weighted by atomic mass is 19.4. The smallest absolute Gasteiger partial charge is 0.370 e. The molecule has 0 spiro atoms. The molecule has 3 N–H and O–H groups in total. The number of alkyl halides is 3. The number of benzene rings is 1. The summed E-state index contributed by atoms with van der Waals surface area (Å²) in [4.78, 5) is 31.9. The van der Waals surface area contributed by atoms with E-state index in [0.717, 1.165) is 35.0 Å². The number of halogens is 5. The summed E-state index contributed by atoms with van der Waals surface area (Å²) in [5, 5.41) is 6.70. The number of nitrogens with one attached hydrogen (secondary N) is 1. The van der Waals surface area contributed by atoms with Crippen LogP contribution in [0.25, 0.3) is 17.5 Å². The minimum absolute atomic E-state index is 0.0612. The summed E-state index contributed by atoms with van der Waals surface area (Å²) in [6.45, 7) is 0.780. The highest BCUT2D eigenvalue weighted by molar-refractivity contribution is 5.94. The van der Waals surface area contributed by atoms with Crippen molar-refractivity contribution in [2.45, 2.75) is 31.1 Å². The van der Waals surface area contributed by atoms with Gasteiger partial charge in [0.05, 0.1) is 17.1 Å². The number of hydrogen-bond donors (Lipinski definition) is 2. The van der Waals surface area contributed by atoms with E-state index in [2.05, 4.69) is 15.4 Å². The lowest BCUT2D eigenvalue weighted by molar-refractivity contribution is -0.146. The lowest BCUT2D eigenvalue weighted by Crippen LogP contribution is -2.50. The zero-order valence-electron chi connectivity index (χ0n) is 20.0. The van der Waals surface area contributed by atoms with Gasteiger partial charge in [0.2, 0.25) is 5.82 Å². The molecule has 0 radical (unpaired) electrons. The summed E-state index contributed by atoms with van der Waals surface area (Å²) < 4.78 is 70.8. The van der Waals surface area contributed by atoms with Gasteiger partial charge in [0.15, 0.2) is 11.6 Å². The fourth-order valence-electron chi connectivity index (χ4n) is 4.87. The molecule has 2 aliphatic rings. The fraction of sp³-hybridized carbons (Fsp3) is 0.333. The SMILES string of the molecule is Cn1c(C(F)(F)F)nc2c1=CCC(NC(=O)c1ccnn(-c3c(F)cccc3F)c1=O)C=2N1CC[C@H](N)C1. The molecular formula is C24H22F5N7O2. The number of likely N-dealkylation sites (tertiary alicyclic amines) is 1. The minimum atomic E-state index is -4.70. The van der Waals surface area contributed by atoms with Crippen molar-refractivity contribution >= 4 is 17.7 Å². The van der Waals surface area contributed by atoms with Gasteiger partial charge in [-0.05, 0) is 31.0 Å². The Hall–Kier alpha value is -4.07. The predicted molar refractivity (Wildman–Crippen MR) is 125 cm³/mol. The van der Waals surface area contributed by atoms with E-state index < -0.39 is 52.4 Å². The van der Waals surface area contributed by atoms with Crippen LogP contribution in [0.3, 0.4) is 0 Å². The zero-order chi connectivity index (χ0) is 27.4. The quantitative estimate of drug-likeness (QED) is 0.468. The standard InChI is InChI=1S/C24H22F5N7O2/c1-34-17-6-5-16(20(35-10-8-12(30)11-35)18(17)33-23(34)24(27,28)29)32-21(37)13-7-9-31-36(22(13)38)19-14(25)3-2-4-15(19)26/h2-4,6-7,9,12,16H,5,8,10-11,30H2,1H3,(H,32,37)/t12-,16?/m0/s1. The maximum absolute atomic E-state index is 14.3. The first-order valence-electron chi connectivity index (χ1n) is 11.7. The van der Waals surface area contributed by atoms with Gasteiger partial charge in [-0.1, -0.05) is 12.1 Å². The summed E-state index contributed by atoms with van der Waals surface area (Å²) >= 11 is 0. The van der Waals surface area contributed by atoms with Gasteiger partial charge in [-0.2, -0.15) is 23.0 Å². The maximum Gasteiger partial charge on any atom is 0.449 e. The van der Waals surface area contributed by atoms with Crippen LogP contribution in [-0.2, 0) is 13.2 Å². The van der Waals surface area contributed by atoms with Gasteiger partial charge in [-0.25, -0.2) is 13.8 Å². The molecule has 0 bridgehead atoms. The van der Waals surface area contributed by atoms with Gasteiger partial charge >= 0.3 is 6.18 Å². The van der Waals surface area contributed by atoms with Crippen molar-refractivity contribution in [3.63, 3.8) is 0 Å². The molecule has 1 aliphatic heterocycles. The van der Waals surface area contributed by atoms with Crippen LogP contribution in [0.2, 0.25) is 0 Å². The third-order valence-corrected chi connectivity index (χ3v) is 6.62. The molecule has 2 atom stereocenters. The molecule has 3 heterocycles. The molecule has 2 aromatic heterocycles. The number of carbonyl (C=O) groups is 1. The van der Waals surface area contributed by atoms with Crippen molar-refractivity contribution in [2.75, 3.05) is 13.1 Å². The lowest BCUT2D eigenvalue weighted by atomic mass is 10.0. The van der Waals surface area contributed by atoms with Crippen LogP contribution in [0, 0.1) is 11.6 Å². The molecule has 38 heavy (non-hydrogen) atoms. The Balaban J connectivity index is 1.56. The Morgan fingerprint density at radius 3 is 2.53 bits per heavy atom. The van der Waals surface area contributed by atoms with Gasteiger partial charge in [-0.3, -0.25) is 9.59 Å². The zero-order valence-corrected chi connectivity index (χ0v) is 20.0. The number of para-hydroxylation sites is 1. The number of amides is 1. The van der Waals surface area contributed by atoms with Crippen molar-refractivity contribution < 1.29 is 26.7 Å². The second-order valence-electron chi connectivity index (χ2n) is 9.10. The second kappa shape index (κ2) is 9.35. The van der Waals surface area contributed by atoms with Crippen LogP contribution in [-0.4, -0.2) is 55.3 Å². The van der Waals surface area contributed by atoms with Crippen molar-refractivity contribution in [2.24, 2.45) is 12.8 Å².